The van der Waals surface area contributed by atoms with Crippen LogP contribution in [0.25, 0.3) is 0 Å². The molecule has 2 amide bonds. The summed E-state index contributed by atoms with van der Waals surface area (Å²) in [6, 6.07) is 3.11. The molecule has 0 radical (unpaired) electrons. The van der Waals surface area contributed by atoms with Crippen LogP contribution in [0.15, 0.2) is 32.4 Å². The zero-order valence-electron chi connectivity index (χ0n) is 17.6. The second-order valence-electron chi connectivity index (χ2n) is 7.38. The molecule has 0 aromatic carbocycles. The fourth-order valence-electron chi connectivity index (χ4n) is 2.97. The molecule has 0 spiro atoms. The average molecular weight is 419 g/mol. The molecular weight excluding hydrogens is 390 g/mol. The highest BCUT2D eigenvalue weighted by molar-refractivity contribution is 5.96. The minimum Gasteiger partial charge on any atom is -0.459 e. The Balaban J connectivity index is 2.24. The quantitative estimate of drug-likeness (QED) is 0.530. The zero-order chi connectivity index (χ0) is 22.3. The number of hydrogen-bond donors (Lipinski definition) is 3. The molecule has 0 fully saturated rings. The molecular formula is C20H29N5O5. The van der Waals surface area contributed by atoms with Gasteiger partial charge in [0.15, 0.2) is 11.4 Å². The molecule has 0 bridgehead atoms. The molecule has 10 nitrogen and oxygen atoms in total. The summed E-state index contributed by atoms with van der Waals surface area (Å²) in [6.45, 7) is 6.41. The predicted molar refractivity (Wildman–Crippen MR) is 113 cm³/mol. The van der Waals surface area contributed by atoms with E-state index in [2.05, 4.69) is 10.3 Å². The maximum Gasteiger partial charge on any atom is 0.330 e. The summed E-state index contributed by atoms with van der Waals surface area (Å²) in [4.78, 5) is 53.1. The molecule has 0 aliphatic carbocycles. The highest BCUT2D eigenvalue weighted by Gasteiger charge is 2.25. The number of unbranched alkanes of at least 4 members (excludes halogenated alkanes) is 1. The van der Waals surface area contributed by atoms with Crippen molar-refractivity contribution in [3.63, 3.8) is 0 Å². The minimum absolute atomic E-state index is 0.0363. The number of nitrogens with one attached hydrogen (secondary N) is 2. The van der Waals surface area contributed by atoms with Gasteiger partial charge in [-0.1, -0.05) is 27.2 Å². The number of amides is 2. The number of furan rings is 1. The summed E-state index contributed by atoms with van der Waals surface area (Å²) >= 11 is 0. The van der Waals surface area contributed by atoms with Gasteiger partial charge in [0.25, 0.3) is 11.5 Å². The van der Waals surface area contributed by atoms with Crippen molar-refractivity contribution in [1.29, 1.82) is 0 Å². The molecule has 164 valence electrons. The third kappa shape index (κ3) is 5.62. The molecule has 10 heteroatoms. The van der Waals surface area contributed by atoms with Gasteiger partial charge in [0.05, 0.1) is 6.26 Å². The van der Waals surface area contributed by atoms with Gasteiger partial charge in [0.2, 0.25) is 5.91 Å². The molecule has 0 saturated carbocycles. The lowest BCUT2D eigenvalue weighted by Crippen LogP contribution is -2.43. The van der Waals surface area contributed by atoms with Gasteiger partial charge in [0, 0.05) is 26.1 Å². The van der Waals surface area contributed by atoms with E-state index in [1.54, 1.807) is 6.07 Å². The molecule has 0 aliphatic heterocycles. The molecule has 0 saturated heterocycles. The Bertz CT molecular complexity index is 974. The Morgan fingerprint density at radius 3 is 2.67 bits per heavy atom. The third-order valence-electron chi connectivity index (χ3n) is 4.44. The van der Waals surface area contributed by atoms with E-state index in [1.165, 1.54) is 21.8 Å². The van der Waals surface area contributed by atoms with E-state index in [9.17, 15) is 19.2 Å². The number of aromatic amines is 1. The number of carbonyl (C=O) groups is 2. The summed E-state index contributed by atoms with van der Waals surface area (Å²) in [5, 5.41) is 2.60. The van der Waals surface area contributed by atoms with Gasteiger partial charge >= 0.3 is 5.69 Å². The van der Waals surface area contributed by atoms with Gasteiger partial charge in [-0.05, 0) is 24.5 Å². The largest absolute Gasteiger partial charge is 0.459 e. The third-order valence-corrected chi connectivity index (χ3v) is 4.44. The van der Waals surface area contributed by atoms with Crippen LogP contribution in [0.2, 0.25) is 0 Å². The van der Waals surface area contributed by atoms with E-state index in [0.29, 0.717) is 13.0 Å². The predicted octanol–water partition coefficient (Wildman–Crippen LogP) is 1.32. The first-order chi connectivity index (χ1) is 14.3. The zero-order valence-corrected chi connectivity index (χ0v) is 17.6. The normalized spacial score (nSPS) is 10.9. The molecule has 30 heavy (non-hydrogen) atoms. The van der Waals surface area contributed by atoms with E-state index >= 15 is 0 Å². The van der Waals surface area contributed by atoms with Crippen LogP contribution in [0, 0.1) is 5.92 Å². The van der Waals surface area contributed by atoms with Crippen molar-refractivity contribution >= 4 is 23.3 Å². The molecule has 0 unspecified atom stereocenters. The number of hydrogen-bond acceptors (Lipinski definition) is 6. The number of nitrogens with zero attached hydrogens (tertiary/aromatic N) is 2. The van der Waals surface area contributed by atoms with Crippen molar-refractivity contribution in [3.8, 4) is 0 Å². The van der Waals surface area contributed by atoms with E-state index < -0.39 is 17.2 Å². The number of rotatable bonds is 10. The summed E-state index contributed by atoms with van der Waals surface area (Å²) in [6.07, 6.45) is 2.87. The molecule has 2 aromatic rings. The monoisotopic (exact) mass is 419 g/mol. The van der Waals surface area contributed by atoms with Crippen LogP contribution in [-0.2, 0) is 11.3 Å². The topological polar surface area (TPSA) is 143 Å². The van der Waals surface area contributed by atoms with Gasteiger partial charge in [-0.15, -0.1) is 0 Å². The van der Waals surface area contributed by atoms with Crippen molar-refractivity contribution in [2.75, 3.05) is 23.7 Å². The minimum atomic E-state index is -0.709. The lowest BCUT2D eigenvalue weighted by molar-refractivity contribution is -0.118. The standard InChI is InChI=1S/C20H29N5O5/c1-4-5-10-24-17(21)16(19(28)23-20(24)29)25(12-13(2)3)15(26)8-9-22-18(27)14-7-6-11-30-14/h6-7,11,13H,4-5,8-10,12,21H2,1-3H3,(H,22,27)(H,23,28,29). The number of aromatic nitrogens is 2. The van der Waals surface area contributed by atoms with Gasteiger partial charge in [-0.25, -0.2) is 4.79 Å². The molecule has 0 aliphatic rings. The van der Waals surface area contributed by atoms with Crippen LogP contribution in [-0.4, -0.2) is 34.5 Å². The summed E-state index contributed by atoms with van der Waals surface area (Å²) in [5.74, 6) is -0.674. The first-order valence-corrected chi connectivity index (χ1v) is 10.0. The molecule has 2 rings (SSSR count). The lowest BCUT2D eigenvalue weighted by atomic mass is 10.2. The molecule has 2 aromatic heterocycles. The first-order valence-electron chi connectivity index (χ1n) is 10.0. The van der Waals surface area contributed by atoms with Crippen molar-refractivity contribution in [1.82, 2.24) is 14.9 Å². The number of H-pyrrole nitrogens is 1. The average Bonchev–Trinajstić information content (AvgIpc) is 3.21. The van der Waals surface area contributed by atoms with Gasteiger partial charge in [-0.3, -0.25) is 23.9 Å². The maximum atomic E-state index is 12.9. The Morgan fingerprint density at radius 1 is 1.33 bits per heavy atom. The van der Waals surface area contributed by atoms with Crippen molar-refractivity contribution < 1.29 is 14.0 Å². The van der Waals surface area contributed by atoms with Crippen LogP contribution < -0.4 is 27.2 Å². The Labute approximate surface area is 174 Å². The van der Waals surface area contributed by atoms with Gasteiger partial charge in [-0.2, -0.15) is 0 Å². The Hall–Kier alpha value is -3.30. The van der Waals surface area contributed by atoms with Crippen LogP contribution in [0.5, 0.6) is 0 Å². The summed E-state index contributed by atoms with van der Waals surface area (Å²) in [5.41, 5.74) is 4.80. The number of nitrogen functional groups attached to an aromatic ring is 1. The second kappa shape index (κ2) is 10.5. The van der Waals surface area contributed by atoms with Gasteiger partial charge < -0.3 is 20.4 Å². The second-order valence-corrected chi connectivity index (χ2v) is 7.38. The molecule has 2 heterocycles. The van der Waals surface area contributed by atoms with Crippen molar-refractivity contribution in [2.45, 2.75) is 46.6 Å². The first kappa shape index (κ1) is 23.0. The smallest absolute Gasteiger partial charge is 0.330 e. The van der Waals surface area contributed by atoms with E-state index in [4.69, 9.17) is 10.2 Å². The number of anilines is 2. The summed E-state index contributed by atoms with van der Waals surface area (Å²) < 4.78 is 6.29. The fourth-order valence-corrected chi connectivity index (χ4v) is 2.97. The van der Waals surface area contributed by atoms with Crippen molar-refractivity contribution in [3.05, 3.63) is 45.0 Å². The highest BCUT2D eigenvalue weighted by Crippen LogP contribution is 2.19. The maximum absolute atomic E-state index is 12.9. The summed E-state index contributed by atoms with van der Waals surface area (Å²) in [7, 11) is 0. The number of carbonyl (C=O) groups excluding carboxylic acids is 2. The van der Waals surface area contributed by atoms with Gasteiger partial charge in [0.1, 0.15) is 5.82 Å². The van der Waals surface area contributed by atoms with Crippen LogP contribution in [0.4, 0.5) is 11.5 Å². The van der Waals surface area contributed by atoms with E-state index in [0.717, 1.165) is 6.42 Å². The SMILES string of the molecule is CCCCn1c(N)c(N(CC(C)C)C(=O)CCNC(=O)c2ccco2)c(=O)[nH]c1=O. The fraction of sp³-hybridized carbons (Fsp3) is 0.500. The van der Waals surface area contributed by atoms with Crippen LogP contribution in [0.1, 0.15) is 50.6 Å². The van der Waals surface area contributed by atoms with E-state index in [-0.39, 0.29) is 48.6 Å². The Kier molecular flexibility index (Phi) is 8.02. The molecule has 4 N–H and O–H groups in total. The number of nitrogens with two attached hydrogens (primary N) is 1. The molecule has 0 atom stereocenters. The van der Waals surface area contributed by atoms with Crippen molar-refractivity contribution in [2.24, 2.45) is 5.92 Å². The Morgan fingerprint density at radius 2 is 2.07 bits per heavy atom. The highest BCUT2D eigenvalue weighted by atomic mass is 16.3. The lowest BCUT2D eigenvalue weighted by Gasteiger charge is -2.26. The van der Waals surface area contributed by atoms with E-state index in [1.807, 2.05) is 20.8 Å². The van der Waals surface area contributed by atoms with Crippen LogP contribution >= 0.6 is 0 Å². The van der Waals surface area contributed by atoms with Crippen LogP contribution in [0.3, 0.4) is 0 Å².